The van der Waals surface area contributed by atoms with E-state index >= 15 is 0 Å². The van der Waals surface area contributed by atoms with E-state index in [9.17, 15) is 9.59 Å². The zero-order valence-electron chi connectivity index (χ0n) is 12.8. The fraction of sp³-hybridized carbons (Fsp3) is 0.500. The van der Waals surface area contributed by atoms with Gasteiger partial charge in [-0.25, -0.2) is 0 Å². The summed E-state index contributed by atoms with van der Waals surface area (Å²) in [4.78, 5) is 24.8. The molecular weight excluding hydrogens is 284 g/mol. The van der Waals surface area contributed by atoms with Crippen LogP contribution in [0.4, 0.5) is 0 Å². The number of ether oxygens (including phenoxy) is 2. The summed E-state index contributed by atoms with van der Waals surface area (Å²) in [6.07, 6.45) is 1.73. The van der Waals surface area contributed by atoms with Crippen LogP contribution in [-0.2, 0) is 9.59 Å². The van der Waals surface area contributed by atoms with Crippen LogP contribution in [0.15, 0.2) is 24.3 Å². The summed E-state index contributed by atoms with van der Waals surface area (Å²) in [5.41, 5.74) is 5.26. The fourth-order valence-corrected chi connectivity index (χ4v) is 2.46. The molecule has 0 spiro atoms. The van der Waals surface area contributed by atoms with Crippen LogP contribution in [0.5, 0.6) is 11.5 Å². The van der Waals surface area contributed by atoms with E-state index in [1.807, 2.05) is 24.3 Å². The number of nitrogens with two attached hydrogens (primary N) is 1. The van der Waals surface area contributed by atoms with Crippen molar-refractivity contribution in [1.82, 2.24) is 4.90 Å². The Balaban J connectivity index is 1.66. The van der Waals surface area contributed by atoms with Gasteiger partial charge in [0.1, 0.15) is 11.5 Å². The van der Waals surface area contributed by atoms with E-state index < -0.39 is 0 Å². The molecule has 0 bridgehead atoms. The van der Waals surface area contributed by atoms with Crippen LogP contribution in [0.3, 0.4) is 0 Å². The molecule has 0 aromatic heterocycles. The molecule has 6 nitrogen and oxygen atoms in total. The number of rotatable bonds is 7. The van der Waals surface area contributed by atoms with E-state index in [0.29, 0.717) is 39.0 Å². The number of hydrogen-bond acceptors (Lipinski definition) is 4. The lowest BCUT2D eigenvalue weighted by molar-refractivity contribution is -0.130. The third-order valence-corrected chi connectivity index (χ3v) is 3.81. The maximum Gasteiger partial charge on any atom is 0.222 e. The van der Waals surface area contributed by atoms with Crippen molar-refractivity contribution in [3.8, 4) is 11.5 Å². The first kappa shape index (κ1) is 16.1. The first-order valence-electron chi connectivity index (χ1n) is 7.44. The minimum Gasteiger partial charge on any atom is -0.497 e. The van der Waals surface area contributed by atoms with Crippen LogP contribution >= 0.6 is 0 Å². The molecule has 0 saturated carbocycles. The SMILES string of the molecule is COc1ccc(OCCCC(=O)N2CC[C@@H](C(N)=O)C2)cc1. The van der Waals surface area contributed by atoms with Gasteiger partial charge in [0, 0.05) is 19.5 Å². The molecule has 120 valence electrons. The Morgan fingerprint density at radius 1 is 1.27 bits per heavy atom. The van der Waals surface area contributed by atoms with Crippen molar-refractivity contribution in [2.24, 2.45) is 11.7 Å². The van der Waals surface area contributed by atoms with Crippen molar-refractivity contribution in [2.75, 3.05) is 26.8 Å². The van der Waals surface area contributed by atoms with Gasteiger partial charge in [-0.1, -0.05) is 0 Å². The Bertz CT molecular complexity index is 515. The summed E-state index contributed by atoms with van der Waals surface area (Å²) in [5, 5.41) is 0. The summed E-state index contributed by atoms with van der Waals surface area (Å²) < 4.78 is 10.6. The molecule has 0 radical (unpaired) electrons. The quantitative estimate of drug-likeness (QED) is 0.767. The predicted octanol–water partition coefficient (Wildman–Crippen LogP) is 1.19. The van der Waals surface area contributed by atoms with Gasteiger partial charge >= 0.3 is 0 Å². The largest absolute Gasteiger partial charge is 0.497 e. The number of carbonyl (C=O) groups is 2. The summed E-state index contributed by atoms with van der Waals surface area (Å²) in [7, 11) is 1.61. The molecule has 1 atom stereocenters. The molecule has 1 saturated heterocycles. The van der Waals surface area contributed by atoms with E-state index in [4.69, 9.17) is 15.2 Å². The molecule has 1 aliphatic rings. The minimum atomic E-state index is -0.321. The molecule has 2 rings (SSSR count). The molecule has 1 fully saturated rings. The van der Waals surface area contributed by atoms with E-state index in [1.165, 1.54) is 0 Å². The summed E-state index contributed by atoms with van der Waals surface area (Å²) in [5.74, 6) is 1.07. The number of nitrogens with zero attached hydrogens (tertiary/aromatic N) is 1. The number of amides is 2. The Kier molecular flexibility index (Phi) is 5.63. The van der Waals surface area contributed by atoms with E-state index in [0.717, 1.165) is 11.5 Å². The molecule has 1 aliphatic heterocycles. The molecule has 1 aromatic rings. The second-order valence-electron chi connectivity index (χ2n) is 5.36. The summed E-state index contributed by atoms with van der Waals surface area (Å²) in [6, 6.07) is 7.32. The highest BCUT2D eigenvalue weighted by Gasteiger charge is 2.29. The highest BCUT2D eigenvalue weighted by atomic mass is 16.5. The lowest BCUT2D eigenvalue weighted by Crippen LogP contribution is -2.31. The average Bonchev–Trinajstić information content (AvgIpc) is 3.02. The van der Waals surface area contributed by atoms with Crippen LogP contribution in [0.25, 0.3) is 0 Å². The molecule has 1 heterocycles. The van der Waals surface area contributed by atoms with Crippen molar-refractivity contribution < 1.29 is 19.1 Å². The van der Waals surface area contributed by atoms with Gasteiger partial charge in [0.25, 0.3) is 0 Å². The number of benzene rings is 1. The van der Waals surface area contributed by atoms with E-state index in [2.05, 4.69) is 0 Å². The smallest absolute Gasteiger partial charge is 0.222 e. The van der Waals surface area contributed by atoms with E-state index in [1.54, 1.807) is 12.0 Å². The Labute approximate surface area is 130 Å². The van der Waals surface area contributed by atoms with Gasteiger partial charge in [0.2, 0.25) is 11.8 Å². The summed E-state index contributed by atoms with van der Waals surface area (Å²) >= 11 is 0. The van der Waals surface area contributed by atoms with Crippen LogP contribution < -0.4 is 15.2 Å². The van der Waals surface area contributed by atoms with Gasteiger partial charge in [-0.2, -0.15) is 0 Å². The third-order valence-electron chi connectivity index (χ3n) is 3.81. The molecule has 0 unspecified atom stereocenters. The van der Waals surface area contributed by atoms with Crippen molar-refractivity contribution in [3.05, 3.63) is 24.3 Å². The van der Waals surface area contributed by atoms with Gasteiger partial charge in [0.05, 0.1) is 19.6 Å². The van der Waals surface area contributed by atoms with Crippen LogP contribution in [0.2, 0.25) is 0 Å². The molecule has 1 aromatic carbocycles. The monoisotopic (exact) mass is 306 g/mol. The molecular formula is C16H22N2O4. The summed E-state index contributed by atoms with van der Waals surface area (Å²) in [6.45, 7) is 1.55. The normalized spacial score (nSPS) is 17.3. The fourth-order valence-electron chi connectivity index (χ4n) is 2.46. The molecule has 2 N–H and O–H groups in total. The Morgan fingerprint density at radius 3 is 2.55 bits per heavy atom. The average molecular weight is 306 g/mol. The first-order chi connectivity index (χ1) is 10.6. The molecule has 22 heavy (non-hydrogen) atoms. The topological polar surface area (TPSA) is 81.9 Å². The second-order valence-corrected chi connectivity index (χ2v) is 5.36. The number of carbonyl (C=O) groups excluding carboxylic acids is 2. The zero-order valence-corrected chi connectivity index (χ0v) is 12.8. The van der Waals surface area contributed by atoms with Gasteiger partial charge in [-0.15, -0.1) is 0 Å². The lowest BCUT2D eigenvalue weighted by atomic mass is 10.1. The van der Waals surface area contributed by atoms with Crippen LogP contribution in [-0.4, -0.2) is 43.5 Å². The highest BCUT2D eigenvalue weighted by Crippen LogP contribution is 2.18. The zero-order chi connectivity index (χ0) is 15.9. The molecule has 2 amide bonds. The second kappa shape index (κ2) is 7.68. The van der Waals surface area contributed by atoms with E-state index in [-0.39, 0.29) is 17.7 Å². The number of likely N-dealkylation sites (tertiary alicyclic amines) is 1. The Hall–Kier alpha value is -2.24. The van der Waals surface area contributed by atoms with Gasteiger partial charge in [0.15, 0.2) is 0 Å². The van der Waals surface area contributed by atoms with Crippen molar-refractivity contribution in [3.63, 3.8) is 0 Å². The maximum absolute atomic E-state index is 12.0. The maximum atomic E-state index is 12.0. The van der Waals surface area contributed by atoms with Crippen LogP contribution in [0.1, 0.15) is 19.3 Å². The molecule has 0 aliphatic carbocycles. The number of primary amides is 1. The van der Waals surface area contributed by atoms with Gasteiger partial charge < -0.3 is 20.1 Å². The Morgan fingerprint density at radius 2 is 1.95 bits per heavy atom. The van der Waals surface area contributed by atoms with Crippen LogP contribution in [0, 0.1) is 5.92 Å². The minimum absolute atomic E-state index is 0.0575. The first-order valence-corrected chi connectivity index (χ1v) is 7.44. The van der Waals surface area contributed by atoms with Gasteiger partial charge in [-0.05, 0) is 37.1 Å². The third kappa shape index (κ3) is 4.38. The number of hydrogen-bond donors (Lipinski definition) is 1. The van der Waals surface area contributed by atoms with Crippen molar-refractivity contribution in [1.29, 1.82) is 0 Å². The highest BCUT2D eigenvalue weighted by molar-refractivity contribution is 5.81. The standard InChI is InChI=1S/C16H22N2O4/c1-21-13-4-6-14(7-5-13)22-10-2-3-15(19)18-9-8-12(11-18)16(17)20/h4-7,12H,2-3,8-11H2,1H3,(H2,17,20)/t12-/m1/s1. The number of methoxy groups -OCH3 is 1. The molecule has 6 heteroatoms. The lowest BCUT2D eigenvalue weighted by Gasteiger charge is -2.16. The van der Waals surface area contributed by atoms with Gasteiger partial charge in [-0.3, -0.25) is 9.59 Å². The van der Waals surface area contributed by atoms with Crippen molar-refractivity contribution >= 4 is 11.8 Å². The predicted molar refractivity (Wildman–Crippen MR) is 81.6 cm³/mol. The van der Waals surface area contributed by atoms with Crippen molar-refractivity contribution in [2.45, 2.75) is 19.3 Å².